The summed E-state index contributed by atoms with van der Waals surface area (Å²) < 4.78 is 27.4. The van der Waals surface area contributed by atoms with Crippen LogP contribution in [0.15, 0.2) is 109 Å². The molecule has 5 amide bonds. The van der Waals surface area contributed by atoms with E-state index in [4.69, 9.17) is 29.0 Å². The van der Waals surface area contributed by atoms with Crippen molar-refractivity contribution in [2.45, 2.75) is 104 Å². The number of carboxylic acid groups (broad SMARTS) is 1. The van der Waals surface area contributed by atoms with Gasteiger partial charge < -0.3 is 34.3 Å². The zero-order chi connectivity index (χ0) is 60.2. The first-order valence-corrected chi connectivity index (χ1v) is 30.1. The van der Waals surface area contributed by atoms with Gasteiger partial charge in [0.15, 0.2) is 10.8 Å². The minimum absolute atomic E-state index is 0.00998. The molecule has 0 saturated heterocycles. The normalized spacial score (nSPS) is 21.1. The molecule has 4 saturated carbocycles. The largest absolute Gasteiger partial charge is 0.491 e. The molecule has 4 fully saturated rings. The van der Waals surface area contributed by atoms with E-state index in [-0.39, 0.29) is 65.4 Å². The Balaban J connectivity index is 0.661. The number of carbonyl (C=O) groups is 6. The van der Waals surface area contributed by atoms with E-state index in [1.807, 2.05) is 72.3 Å². The van der Waals surface area contributed by atoms with Crippen LogP contribution in [0.1, 0.15) is 110 Å². The van der Waals surface area contributed by atoms with Crippen LogP contribution in [0.3, 0.4) is 0 Å². The zero-order valence-corrected chi connectivity index (χ0v) is 49.7. The molecule has 4 aliphatic carbocycles. The topological polar surface area (TPSA) is 247 Å². The van der Waals surface area contributed by atoms with E-state index in [2.05, 4.69) is 34.4 Å². The number of carbonyl (C=O) groups excluding carboxylic acids is 5. The number of pyridine rings is 2. The van der Waals surface area contributed by atoms with E-state index in [9.17, 15) is 33.9 Å². The van der Waals surface area contributed by atoms with Crippen molar-refractivity contribution in [2.75, 3.05) is 58.4 Å². The monoisotopic (exact) mass is 1190 g/mol. The van der Waals surface area contributed by atoms with Crippen molar-refractivity contribution in [3.8, 4) is 28.1 Å². The molecule has 4 bridgehead atoms. The Kier molecular flexibility index (Phi) is 17.2. The summed E-state index contributed by atoms with van der Waals surface area (Å²) in [6, 6.07) is 25.8. The number of thiazole rings is 1. The number of hydrogen-bond acceptors (Lipinski definition) is 15. The minimum atomic E-state index is -1.18. The highest BCUT2D eigenvalue weighted by Gasteiger charge is 2.66. The minimum Gasteiger partial charge on any atom is -0.491 e. The molecule has 21 heteroatoms. The Morgan fingerprint density at radius 3 is 2.35 bits per heavy atom. The van der Waals surface area contributed by atoms with Gasteiger partial charge >= 0.3 is 12.1 Å². The van der Waals surface area contributed by atoms with Crippen LogP contribution in [0.25, 0.3) is 43.5 Å². The van der Waals surface area contributed by atoms with Crippen molar-refractivity contribution in [2.24, 2.45) is 16.2 Å². The quantitative estimate of drug-likeness (QED) is 0.0337. The summed E-state index contributed by atoms with van der Waals surface area (Å²) in [4.78, 5) is 92.4. The predicted molar refractivity (Wildman–Crippen MR) is 323 cm³/mol. The van der Waals surface area contributed by atoms with Crippen LogP contribution in [0, 0.1) is 23.2 Å². The number of benzene rings is 3. The van der Waals surface area contributed by atoms with Crippen molar-refractivity contribution in [1.29, 1.82) is 0 Å². The number of nitrogens with one attached hydrogen (secondary N) is 2. The summed E-state index contributed by atoms with van der Waals surface area (Å²) in [5.74, 6) is -1.62. The first-order chi connectivity index (χ1) is 41.4. The second kappa shape index (κ2) is 24.9. The Labute approximate surface area is 502 Å². The maximum Gasteiger partial charge on any atom is 0.409 e. The number of rotatable bonds is 26. The van der Waals surface area contributed by atoms with Crippen LogP contribution in [-0.2, 0) is 41.7 Å². The SMILES string of the molecule is Cc1c(-c2ccc(-c3cnc4cccc(C(=O)Nc5nc6ccccc6s5)c4c3)nc2C(=O)O)cnn1CC12CC3(C)CC(C)(C1)CC(OCCN(C)C(=O)OCc1ccccc1OCCOCCNC(=O)CCCCCN1C(=O)C=CC1=O)(C3)C2. The molecule has 3 N–H and O–H groups in total. The van der Waals surface area contributed by atoms with Crippen LogP contribution in [-0.4, -0.2) is 134 Å². The van der Waals surface area contributed by atoms with Gasteiger partial charge in [-0.15, -0.1) is 0 Å². The lowest BCUT2D eigenvalue weighted by Crippen LogP contribution is -2.64. The zero-order valence-electron chi connectivity index (χ0n) is 48.9. The van der Waals surface area contributed by atoms with Gasteiger partial charge in [0.05, 0.1) is 53.0 Å². The Bertz CT molecular complexity index is 3710. The number of nitrogens with zero attached hydrogens (tertiary/aromatic N) is 7. The van der Waals surface area contributed by atoms with Crippen molar-refractivity contribution in [3.05, 3.63) is 132 Å². The predicted octanol–water partition coefficient (Wildman–Crippen LogP) is 10.4. The molecule has 86 heavy (non-hydrogen) atoms. The molecule has 3 aromatic carbocycles. The third-order valence-corrected chi connectivity index (χ3v) is 18.1. The molecule has 5 aliphatic rings. The molecule has 0 spiro atoms. The number of carboxylic acids is 1. The lowest BCUT2D eigenvalue weighted by Gasteiger charge is -2.69. The van der Waals surface area contributed by atoms with Crippen LogP contribution in [0.2, 0.25) is 0 Å². The maximum atomic E-state index is 13.7. The summed E-state index contributed by atoms with van der Waals surface area (Å²) in [7, 11) is 1.71. The maximum absolute atomic E-state index is 13.7. The van der Waals surface area contributed by atoms with Gasteiger partial charge in [0.2, 0.25) is 5.91 Å². The van der Waals surface area contributed by atoms with Crippen molar-refractivity contribution in [1.82, 2.24) is 39.8 Å². The third kappa shape index (κ3) is 13.2. The number of likely N-dealkylation sites (N-methyl/N-ethyl adjacent to an activating group) is 1. The second-order valence-electron chi connectivity index (χ2n) is 24.3. The van der Waals surface area contributed by atoms with Gasteiger partial charge in [0, 0.05) is 96.9 Å². The Hall–Kier alpha value is -8.40. The molecular formula is C65H71N9O11S. The Morgan fingerprint density at radius 2 is 1.56 bits per heavy atom. The summed E-state index contributed by atoms with van der Waals surface area (Å²) in [5.41, 5.74) is 4.87. The van der Waals surface area contributed by atoms with E-state index in [1.54, 1.807) is 48.6 Å². The highest BCUT2D eigenvalue weighted by Crippen LogP contribution is 2.72. The summed E-state index contributed by atoms with van der Waals surface area (Å²) in [6.45, 7) is 9.64. The summed E-state index contributed by atoms with van der Waals surface area (Å²) >= 11 is 1.39. The highest BCUT2D eigenvalue weighted by atomic mass is 32.1. The van der Waals surface area contributed by atoms with Gasteiger partial charge in [-0.1, -0.05) is 68.0 Å². The molecule has 2 unspecified atom stereocenters. The number of fused-ring (bicyclic) bond motifs is 2. The number of amides is 5. The number of para-hydroxylation sites is 2. The number of hydrogen-bond donors (Lipinski definition) is 3. The van der Waals surface area contributed by atoms with Crippen LogP contribution < -0.4 is 15.4 Å². The van der Waals surface area contributed by atoms with Gasteiger partial charge in [-0.3, -0.25) is 39.1 Å². The molecule has 1 aliphatic heterocycles. The van der Waals surface area contributed by atoms with E-state index >= 15 is 0 Å². The van der Waals surface area contributed by atoms with E-state index in [0.717, 1.165) is 60.9 Å². The molecule has 20 nitrogen and oxygen atoms in total. The summed E-state index contributed by atoms with van der Waals surface area (Å²) in [6.07, 6.45) is 13.6. The Morgan fingerprint density at radius 1 is 0.791 bits per heavy atom. The van der Waals surface area contributed by atoms with E-state index < -0.39 is 17.7 Å². The molecule has 0 radical (unpaired) electrons. The number of imide groups is 1. The standard InChI is InChI=1S/C65H71N9O11S/c1-42-48(45-20-21-49(69-57(45)59(79)80)44-31-47-46(14-12-16-50(47)67-32-44)58(78)71-60-70-51-15-8-10-18-53(51)86-60)33-68-74(42)41-64-36-62(2)35-63(3,37-64)39-65(38-62,40-64)85-28-26-72(4)61(81)84-34-43-13-7-9-17-52(43)83-30-29-82-27-24-66-54(75)19-6-5-11-25-73-55(76)22-23-56(73)77/h7-10,12-18,20-23,31-33H,5-6,11,19,24-30,34-41H2,1-4H3,(H,66,75)(H,79,80)(H,70,71,78). The van der Waals surface area contributed by atoms with E-state index in [0.29, 0.717) is 114 Å². The molecule has 4 aromatic heterocycles. The van der Waals surface area contributed by atoms with Crippen molar-refractivity contribution in [3.63, 3.8) is 0 Å². The molecule has 2 atom stereocenters. The smallest absolute Gasteiger partial charge is 0.409 e. The molecule has 5 heterocycles. The summed E-state index contributed by atoms with van der Waals surface area (Å²) in [5, 5.41) is 22.5. The van der Waals surface area contributed by atoms with Crippen LogP contribution in [0.4, 0.5) is 9.93 Å². The van der Waals surface area contributed by atoms with Crippen molar-refractivity contribution < 1.29 is 52.8 Å². The van der Waals surface area contributed by atoms with Gasteiger partial charge in [0.1, 0.15) is 19.0 Å². The number of unbranched alkanes of at least 4 members (excludes halogenated alkanes) is 2. The highest BCUT2D eigenvalue weighted by molar-refractivity contribution is 7.22. The van der Waals surface area contributed by atoms with Gasteiger partial charge in [-0.05, 0) is 123 Å². The fourth-order valence-corrected chi connectivity index (χ4v) is 15.3. The molecule has 448 valence electrons. The molecule has 12 rings (SSSR count). The number of ether oxygens (including phenoxy) is 4. The van der Waals surface area contributed by atoms with Crippen LogP contribution >= 0.6 is 11.3 Å². The average molecular weight is 1190 g/mol. The molecule has 7 aromatic rings. The van der Waals surface area contributed by atoms with E-state index in [1.165, 1.54) is 28.4 Å². The average Bonchev–Trinajstić information content (AvgIpc) is 0.882. The number of aromatic nitrogens is 5. The lowest BCUT2D eigenvalue weighted by molar-refractivity contribution is -0.248. The first-order valence-electron chi connectivity index (χ1n) is 29.3. The van der Waals surface area contributed by atoms with Crippen molar-refractivity contribution >= 4 is 73.3 Å². The fraction of sp³-hybridized carbons (Fsp3) is 0.415. The lowest BCUT2D eigenvalue weighted by atomic mass is 9.39. The first kappa shape index (κ1) is 59.3. The number of aromatic carboxylic acids is 1. The third-order valence-electron chi connectivity index (χ3n) is 17.1. The molecular weight excluding hydrogens is 1110 g/mol. The van der Waals surface area contributed by atoms with Crippen LogP contribution in [0.5, 0.6) is 5.75 Å². The second-order valence-corrected chi connectivity index (χ2v) is 25.3. The van der Waals surface area contributed by atoms with Gasteiger partial charge in [-0.2, -0.15) is 5.10 Å². The fourth-order valence-electron chi connectivity index (χ4n) is 14.5. The van der Waals surface area contributed by atoms with Gasteiger partial charge in [-0.25, -0.2) is 19.6 Å². The number of anilines is 1. The van der Waals surface area contributed by atoms with Gasteiger partial charge in [0.25, 0.3) is 17.7 Å².